The predicted octanol–water partition coefficient (Wildman–Crippen LogP) is 0.715. The number of hydrogen-bond acceptors (Lipinski definition) is 3. The van der Waals surface area contributed by atoms with Crippen molar-refractivity contribution in [3.05, 3.63) is 0 Å². The van der Waals surface area contributed by atoms with Gasteiger partial charge in [-0.15, -0.1) is 0 Å². The Morgan fingerprint density at radius 3 is 2.18 bits per heavy atom. The van der Waals surface area contributed by atoms with Crippen LogP contribution in [0.15, 0.2) is 0 Å². The summed E-state index contributed by atoms with van der Waals surface area (Å²) in [4.78, 5) is 0. The van der Waals surface area contributed by atoms with Gasteiger partial charge in [-0.3, -0.25) is 0 Å². The molecule has 5 nitrogen and oxygen atoms in total. The van der Waals surface area contributed by atoms with Crippen molar-refractivity contribution in [2.75, 3.05) is 26.2 Å². The lowest BCUT2D eigenvalue weighted by Crippen LogP contribution is -2.45. The lowest BCUT2D eigenvalue weighted by Gasteiger charge is -2.30. The van der Waals surface area contributed by atoms with Crippen LogP contribution in [-0.2, 0) is 10.2 Å². The Bertz CT molecular complexity index is 311. The third-order valence-corrected chi connectivity index (χ3v) is 5.42. The van der Waals surface area contributed by atoms with Crippen molar-refractivity contribution < 1.29 is 13.5 Å². The van der Waals surface area contributed by atoms with E-state index in [0.29, 0.717) is 19.6 Å². The van der Waals surface area contributed by atoms with Gasteiger partial charge in [0.1, 0.15) is 0 Å². The summed E-state index contributed by atoms with van der Waals surface area (Å²) in [5.41, 5.74) is -0.327. The van der Waals surface area contributed by atoms with Crippen LogP contribution in [0.2, 0.25) is 0 Å². The Kier molecular flexibility index (Phi) is 5.37. The molecule has 1 heterocycles. The molecule has 0 spiro atoms. The largest absolute Gasteiger partial charge is 0.396 e. The SMILES string of the molecule is CCC(CC)(CO)CNS(=O)(=O)N1CCCC1. The van der Waals surface area contributed by atoms with Crippen LogP contribution >= 0.6 is 0 Å². The molecular weight excluding hydrogens is 240 g/mol. The average molecular weight is 264 g/mol. The van der Waals surface area contributed by atoms with Gasteiger partial charge in [0, 0.05) is 31.7 Å². The molecule has 0 aromatic rings. The summed E-state index contributed by atoms with van der Waals surface area (Å²) in [5.74, 6) is 0. The molecule has 1 rings (SSSR count). The number of hydrogen-bond donors (Lipinski definition) is 2. The molecular formula is C11H24N2O3S. The van der Waals surface area contributed by atoms with Crippen molar-refractivity contribution in [1.29, 1.82) is 0 Å². The van der Waals surface area contributed by atoms with E-state index in [9.17, 15) is 13.5 Å². The van der Waals surface area contributed by atoms with E-state index in [1.165, 1.54) is 4.31 Å². The van der Waals surface area contributed by atoms with E-state index in [1.807, 2.05) is 13.8 Å². The van der Waals surface area contributed by atoms with Crippen LogP contribution in [0.4, 0.5) is 0 Å². The fraction of sp³-hybridized carbons (Fsp3) is 1.00. The van der Waals surface area contributed by atoms with E-state index >= 15 is 0 Å². The molecule has 0 atom stereocenters. The topological polar surface area (TPSA) is 69.6 Å². The van der Waals surface area contributed by atoms with Crippen LogP contribution in [0.5, 0.6) is 0 Å². The number of aliphatic hydroxyl groups excluding tert-OH is 1. The summed E-state index contributed by atoms with van der Waals surface area (Å²) >= 11 is 0. The van der Waals surface area contributed by atoms with E-state index in [2.05, 4.69) is 4.72 Å². The zero-order chi connectivity index (χ0) is 12.9. The van der Waals surface area contributed by atoms with Gasteiger partial charge in [-0.25, -0.2) is 4.72 Å². The molecule has 102 valence electrons. The smallest absolute Gasteiger partial charge is 0.279 e. The fourth-order valence-corrected chi connectivity index (χ4v) is 3.45. The molecule has 17 heavy (non-hydrogen) atoms. The molecule has 0 aromatic carbocycles. The van der Waals surface area contributed by atoms with E-state index in [-0.39, 0.29) is 12.0 Å². The first-order valence-electron chi connectivity index (χ1n) is 6.35. The van der Waals surface area contributed by atoms with Crippen molar-refractivity contribution in [2.45, 2.75) is 39.5 Å². The Labute approximate surface area is 104 Å². The molecule has 0 radical (unpaired) electrons. The predicted molar refractivity (Wildman–Crippen MR) is 67.8 cm³/mol. The van der Waals surface area contributed by atoms with Gasteiger partial charge in [0.05, 0.1) is 0 Å². The Hall–Kier alpha value is -0.170. The third-order valence-electron chi connectivity index (χ3n) is 3.87. The Morgan fingerprint density at radius 2 is 1.76 bits per heavy atom. The standard InChI is InChI=1S/C11H24N2O3S/c1-3-11(4-2,10-14)9-12-17(15,16)13-7-5-6-8-13/h12,14H,3-10H2,1-2H3. The van der Waals surface area contributed by atoms with Crippen LogP contribution in [0, 0.1) is 5.41 Å². The average Bonchev–Trinajstić information content (AvgIpc) is 2.86. The zero-order valence-corrected chi connectivity index (χ0v) is 11.6. The highest BCUT2D eigenvalue weighted by Crippen LogP contribution is 2.25. The van der Waals surface area contributed by atoms with Crippen molar-refractivity contribution >= 4 is 10.2 Å². The van der Waals surface area contributed by atoms with Gasteiger partial charge < -0.3 is 5.11 Å². The molecule has 0 saturated carbocycles. The Morgan fingerprint density at radius 1 is 1.24 bits per heavy atom. The van der Waals surface area contributed by atoms with E-state index in [1.54, 1.807) is 0 Å². The number of aliphatic hydroxyl groups is 1. The van der Waals surface area contributed by atoms with Crippen molar-refractivity contribution in [3.63, 3.8) is 0 Å². The summed E-state index contributed by atoms with van der Waals surface area (Å²) in [6.07, 6.45) is 3.41. The van der Waals surface area contributed by atoms with Gasteiger partial charge in [0.15, 0.2) is 0 Å². The highest BCUT2D eigenvalue weighted by Gasteiger charge is 2.30. The van der Waals surface area contributed by atoms with Crippen molar-refractivity contribution in [3.8, 4) is 0 Å². The molecule has 1 saturated heterocycles. The Balaban J connectivity index is 2.59. The minimum absolute atomic E-state index is 0.0164. The van der Waals surface area contributed by atoms with Crippen LogP contribution in [-0.4, -0.2) is 44.1 Å². The zero-order valence-electron chi connectivity index (χ0n) is 10.8. The number of nitrogens with zero attached hydrogens (tertiary/aromatic N) is 1. The maximum absolute atomic E-state index is 12.0. The summed E-state index contributed by atoms with van der Waals surface area (Å²) < 4.78 is 28.0. The maximum atomic E-state index is 12.0. The molecule has 2 N–H and O–H groups in total. The van der Waals surface area contributed by atoms with Crippen LogP contribution in [0.1, 0.15) is 39.5 Å². The summed E-state index contributed by atoms with van der Waals surface area (Å²) in [7, 11) is -3.35. The second-order valence-electron chi connectivity index (χ2n) is 4.80. The normalized spacial score (nSPS) is 18.8. The monoisotopic (exact) mass is 264 g/mol. The minimum atomic E-state index is -3.35. The highest BCUT2D eigenvalue weighted by molar-refractivity contribution is 7.87. The van der Waals surface area contributed by atoms with E-state index in [0.717, 1.165) is 25.7 Å². The second-order valence-corrected chi connectivity index (χ2v) is 6.55. The number of rotatable bonds is 7. The molecule has 0 aromatic heterocycles. The van der Waals surface area contributed by atoms with Crippen LogP contribution < -0.4 is 4.72 Å². The first-order chi connectivity index (χ1) is 7.99. The molecule has 1 fully saturated rings. The van der Waals surface area contributed by atoms with Crippen LogP contribution in [0.3, 0.4) is 0 Å². The molecule has 1 aliphatic rings. The lowest BCUT2D eigenvalue weighted by atomic mass is 9.84. The summed E-state index contributed by atoms with van der Waals surface area (Å²) in [6.45, 7) is 5.50. The quantitative estimate of drug-likeness (QED) is 0.711. The van der Waals surface area contributed by atoms with Crippen LogP contribution in [0.25, 0.3) is 0 Å². The highest BCUT2D eigenvalue weighted by atomic mass is 32.2. The van der Waals surface area contributed by atoms with E-state index in [4.69, 9.17) is 0 Å². The maximum Gasteiger partial charge on any atom is 0.279 e. The minimum Gasteiger partial charge on any atom is -0.396 e. The van der Waals surface area contributed by atoms with E-state index < -0.39 is 10.2 Å². The summed E-state index contributed by atoms with van der Waals surface area (Å²) in [6, 6.07) is 0. The van der Waals surface area contributed by atoms with Gasteiger partial charge in [0.2, 0.25) is 0 Å². The van der Waals surface area contributed by atoms with Gasteiger partial charge >= 0.3 is 0 Å². The molecule has 1 aliphatic heterocycles. The van der Waals surface area contributed by atoms with Gasteiger partial charge in [-0.2, -0.15) is 12.7 Å². The van der Waals surface area contributed by atoms with Crippen molar-refractivity contribution in [2.24, 2.45) is 5.41 Å². The molecule has 0 unspecified atom stereocenters. The molecule has 0 bridgehead atoms. The molecule has 0 aliphatic carbocycles. The molecule has 0 amide bonds. The van der Waals surface area contributed by atoms with Gasteiger partial charge in [-0.05, 0) is 25.7 Å². The number of nitrogens with one attached hydrogen (secondary N) is 1. The first kappa shape index (κ1) is 14.9. The first-order valence-corrected chi connectivity index (χ1v) is 7.79. The third kappa shape index (κ3) is 3.64. The molecule has 6 heteroatoms. The van der Waals surface area contributed by atoms with Gasteiger partial charge in [-0.1, -0.05) is 13.8 Å². The lowest BCUT2D eigenvalue weighted by molar-refractivity contribution is 0.119. The van der Waals surface area contributed by atoms with Gasteiger partial charge in [0.25, 0.3) is 10.2 Å². The fourth-order valence-electron chi connectivity index (χ4n) is 2.04. The summed E-state index contributed by atoms with van der Waals surface area (Å²) in [5, 5.41) is 9.39. The van der Waals surface area contributed by atoms with Crippen molar-refractivity contribution in [1.82, 2.24) is 9.03 Å². The second kappa shape index (κ2) is 6.13.